The minimum atomic E-state index is 0.573. The maximum atomic E-state index is 6.01. The summed E-state index contributed by atoms with van der Waals surface area (Å²) in [7, 11) is 0. The lowest BCUT2D eigenvalue weighted by Gasteiger charge is -2.35. The van der Waals surface area contributed by atoms with E-state index in [4.69, 9.17) is 11.5 Å². The smallest absolute Gasteiger partial charge is 0.0350 e. The highest BCUT2D eigenvalue weighted by Crippen LogP contribution is 2.27. The maximum Gasteiger partial charge on any atom is 0.0350 e. The number of fused-ring (bicyclic) bond motifs is 1. The van der Waals surface area contributed by atoms with Gasteiger partial charge in [0.2, 0.25) is 0 Å². The number of benzene rings is 1. The largest absolute Gasteiger partial charge is 0.398 e. The van der Waals surface area contributed by atoms with Crippen LogP contribution >= 0.6 is 0 Å². The van der Waals surface area contributed by atoms with Gasteiger partial charge in [-0.2, -0.15) is 0 Å². The maximum absolute atomic E-state index is 6.01. The van der Waals surface area contributed by atoms with Crippen molar-refractivity contribution < 1.29 is 0 Å². The Morgan fingerprint density at radius 2 is 2.25 bits per heavy atom. The van der Waals surface area contributed by atoms with Crippen LogP contribution in [-0.2, 0) is 13.0 Å². The van der Waals surface area contributed by atoms with E-state index in [9.17, 15) is 0 Å². The molecular weight excluding hydrogens is 198 g/mol. The molecule has 1 aromatic carbocycles. The molecule has 0 aromatic heterocycles. The zero-order chi connectivity index (χ0) is 11.5. The van der Waals surface area contributed by atoms with E-state index in [0.29, 0.717) is 6.04 Å². The second kappa shape index (κ2) is 4.85. The predicted octanol–water partition coefficient (Wildman–Crippen LogP) is 1.36. The van der Waals surface area contributed by atoms with Crippen LogP contribution in [0.4, 0.5) is 5.69 Å². The fourth-order valence-electron chi connectivity index (χ4n) is 2.44. The molecule has 0 amide bonds. The van der Waals surface area contributed by atoms with Crippen LogP contribution in [0.1, 0.15) is 24.5 Å². The number of anilines is 1. The number of rotatable bonds is 3. The topological polar surface area (TPSA) is 55.3 Å². The molecule has 0 bridgehead atoms. The quantitative estimate of drug-likeness (QED) is 0.755. The molecule has 3 nitrogen and oxygen atoms in total. The van der Waals surface area contributed by atoms with Crippen molar-refractivity contribution in [3.05, 3.63) is 29.3 Å². The standard InChI is InChI=1S/C13H21N3/c1-10-8-12-11(4-2-5-13(12)15)9-16(10)7-3-6-14/h2,4-5,10H,3,6-9,14-15H2,1H3. The Morgan fingerprint density at radius 3 is 3.00 bits per heavy atom. The molecule has 0 fully saturated rings. The zero-order valence-electron chi connectivity index (χ0n) is 9.95. The molecule has 2 rings (SSSR count). The van der Waals surface area contributed by atoms with Crippen LogP contribution in [0.25, 0.3) is 0 Å². The third kappa shape index (κ3) is 2.20. The molecule has 0 aliphatic carbocycles. The molecular formula is C13H21N3. The van der Waals surface area contributed by atoms with E-state index in [2.05, 4.69) is 17.9 Å². The highest BCUT2D eigenvalue weighted by molar-refractivity contribution is 5.52. The van der Waals surface area contributed by atoms with E-state index >= 15 is 0 Å². The molecule has 0 spiro atoms. The zero-order valence-corrected chi connectivity index (χ0v) is 9.95. The third-order valence-electron chi connectivity index (χ3n) is 3.46. The summed E-state index contributed by atoms with van der Waals surface area (Å²) in [4.78, 5) is 2.49. The highest BCUT2D eigenvalue weighted by atomic mass is 15.2. The molecule has 16 heavy (non-hydrogen) atoms. The van der Waals surface area contributed by atoms with Crippen molar-refractivity contribution in [2.24, 2.45) is 5.73 Å². The summed E-state index contributed by atoms with van der Waals surface area (Å²) in [6, 6.07) is 6.81. The van der Waals surface area contributed by atoms with Crippen LogP contribution in [0, 0.1) is 0 Å². The Hall–Kier alpha value is -1.06. The van der Waals surface area contributed by atoms with Crippen LogP contribution in [0.5, 0.6) is 0 Å². The fourth-order valence-corrected chi connectivity index (χ4v) is 2.44. The summed E-state index contributed by atoms with van der Waals surface area (Å²) >= 11 is 0. The summed E-state index contributed by atoms with van der Waals surface area (Å²) in [6.07, 6.45) is 2.13. The van der Waals surface area contributed by atoms with Crippen LogP contribution in [0.3, 0.4) is 0 Å². The van der Waals surface area contributed by atoms with Gasteiger partial charge in [-0.15, -0.1) is 0 Å². The Bertz CT molecular complexity index is 362. The van der Waals surface area contributed by atoms with E-state index in [1.807, 2.05) is 12.1 Å². The summed E-state index contributed by atoms with van der Waals surface area (Å²) in [6.45, 7) is 5.15. The predicted molar refractivity (Wildman–Crippen MR) is 68.1 cm³/mol. The highest BCUT2D eigenvalue weighted by Gasteiger charge is 2.23. The van der Waals surface area contributed by atoms with Crippen LogP contribution in [0.15, 0.2) is 18.2 Å². The monoisotopic (exact) mass is 219 g/mol. The first kappa shape index (κ1) is 11.4. The normalized spacial score (nSPS) is 20.8. The van der Waals surface area contributed by atoms with Crippen molar-refractivity contribution >= 4 is 5.69 Å². The number of hydrogen-bond donors (Lipinski definition) is 2. The van der Waals surface area contributed by atoms with Crippen molar-refractivity contribution in [1.82, 2.24) is 4.90 Å². The molecule has 0 saturated carbocycles. The van der Waals surface area contributed by atoms with E-state index < -0.39 is 0 Å². The van der Waals surface area contributed by atoms with Gasteiger partial charge in [0.15, 0.2) is 0 Å². The summed E-state index contributed by atoms with van der Waals surface area (Å²) in [5.41, 5.74) is 15.3. The van der Waals surface area contributed by atoms with Crippen LogP contribution in [0.2, 0.25) is 0 Å². The fraction of sp³-hybridized carbons (Fsp3) is 0.538. The molecule has 1 heterocycles. The Labute approximate surface area is 97.4 Å². The van der Waals surface area contributed by atoms with E-state index in [-0.39, 0.29) is 0 Å². The molecule has 1 atom stereocenters. The van der Waals surface area contributed by atoms with E-state index in [0.717, 1.165) is 38.2 Å². The molecule has 1 aromatic rings. The summed E-state index contributed by atoms with van der Waals surface area (Å²) in [5.74, 6) is 0. The van der Waals surface area contributed by atoms with Gasteiger partial charge in [-0.05, 0) is 50.0 Å². The van der Waals surface area contributed by atoms with E-state index in [1.54, 1.807) is 0 Å². The third-order valence-corrected chi connectivity index (χ3v) is 3.46. The van der Waals surface area contributed by atoms with Gasteiger partial charge < -0.3 is 11.5 Å². The van der Waals surface area contributed by atoms with Gasteiger partial charge in [-0.3, -0.25) is 4.90 Å². The van der Waals surface area contributed by atoms with Crippen molar-refractivity contribution in [2.45, 2.75) is 32.4 Å². The van der Waals surface area contributed by atoms with E-state index in [1.165, 1.54) is 11.1 Å². The molecule has 0 radical (unpaired) electrons. The first-order chi connectivity index (χ1) is 7.72. The lowest BCUT2D eigenvalue weighted by atomic mass is 9.93. The van der Waals surface area contributed by atoms with Gasteiger partial charge in [0.05, 0.1) is 0 Å². The second-order valence-corrected chi connectivity index (χ2v) is 4.65. The van der Waals surface area contributed by atoms with Crippen molar-refractivity contribution in [3.8, 4) is 0 Å². The van der Waals surface area contributed by atoms with Crippen LogP contribution in [-0.4, -0.2) is 24.0 Å². The minimum Gasteiger partial charge on any atom is -0.398 e. The lowest BCUT2D eigenvalue weighted by Crippen LogP contribution is -2.39. The molecule has 3 heteroatoms. The number of nitrogens with zero attached hydrogens (tertiary/aromatic N) is 1. The molecule has 4 N–H and O–H groups in total. The van der Waals surface area contributed by atoms with Crippen LogP contribution < -0.4 is 11.5 Å². The number of nitrogens with two attached hydrogens (primary N) is 2. The van der Waals surface area contributed by atoms with Gasteiger partial charge in [0.25, 0.3) is 0 Å². The van der Waals surface area contributed by atoms with Gasteiger partial charge in [-0.25, -0.2) is 0 Å². The minimum absolute atomic E-state index is 0.573. The Kier molecular flexibility index (Phi) is 3.46. The van der Waals surface area contributed by atoms with Crippen molar-refractivity contribution in [2.75, 3.05) is 18.8 Å². The molecule has 1 unspecified atom stereocenters. The lowest BCUT2D eigenvalue weighted by molar-refractivity contribution is 0.183. The van der Waals surface area contributed by atoms with Gasteiger partial charge in [0.1, 0.15) is 0 Å². The summed E-state index contributed by atoms with van der Waals surface area (Å²) in [5, 5.41) is 0. The second-order valence-electron chi connectivity index (χ2n) is 4.65. The molecule has 1 aliphatic rings. The molecule has 1 aliphatic heterocycles. The molecule has 88 valence electrons. The molecule has 0 saturated heterocycles. The Balaban J connectivity index is 2.15. The average molecular weight is 219 g/mol. The number of hydrogen-bond acceptors (Lipinski definition) is 3. The number of nitrogen functional groups attached to an aromatic ring is 1. The van der Waals surface area contributed by atoms with Gasteiger partial charge in [-0.1, -0.05) is 12.1 Å². The van der Waals surface area contributed by atoms with Crippen molar-refractivity contribution in [1.29, 1.82) is 0 Å². The SMILES string of the molecule is CC1Cc2c(N)cccc2CN1CCCN. The summed E-state index contributed by atoms with van der Waals surface area (Å²) < 4.78 is 0. The van der Waals surface area contributed by atoms with Crippen molar-refractivity contribution in [3.63, 3.8) is 0 Å². The van der Waals surface area contributed by atoms with Gasteiger partial charge >= 0.3 is 0 Å². The van der Waals surface area contributed by atoms with Gasteiger partial charge in [0, 0.05) is 18.3 Å². The first-order valence-electron chi connectivity index (χ1n) is 6.02. The Morgan fingerprint density at radius 1 is 1.44 bits per heavy atom. The first-order valence-corrected chi connectivity index (χ1v) is 6.02. The average Bonchev–Trinajstić information content (AvgIpc) is 2.28.